The highest BCUT2D eigenvalue weighted by Crippen LogP contribution is 2.09. The first-order chi connectivity index (χ1) is 8.84. The van der Waals surface area contributed by atoms with Gasteiger partial charge in [0, 0.05) is 25.7 Å². The van der Waals surface area contributed by atoms with Gasteiger partial charge in [0.05, 0.1) is 6.61 Å². The van der Waals surface area contributed by atoms with Crippen molar-refractivity contribution in [2.75, 3.05) is 32.8 Å². The van der Waals surface area contributed by atoms with E-state index in [-0.39, 0.29) is 0 Å². The topological polar surface area (TPSA) is 24.5 Å². The standard InChI is InChI=1S/C15H24N2O/c1-14-8-11-17(12-9-16-14)10-5-13-18-15-6-3-2-4-7-15/h2-4,6-7,14,16H,5,8-13H2,1H3. The molecular formula is C15H24N2O. The van der Waals surface area contributed by atoms with Crippen LogP contribution in [0.3, 0.4) is 0 Å². The van der Waals surface area contributed by atoms with Crippen molar-refractivity contribution in [3.63, 3.8) is 0 Å². The molecule has 18 heavy (non-hydrogen) atoms. The summed E-state index contributed by atoms with van der Waals surface area (Å²) in [6.45, 7) is 7.70. The number of nitrogens with one attached hydrogen (secondary N) is 1. The minimum atomic E-state index is 0.663. The second-order valence-electron chi connectivity index (χ2n) is 5.00. The minimum Gasteiger partial charge on any atom is -0.494 e. The van der Waals surface area contributed by atoms with Gasteiger partial charge in [0.25, 0.3) is 0 Å². The summed E-state index contributed by atoms with van der Waals surface area (Å²) >= 11 is 0. The Morgan fingerprint density at radius 1 is 1.28 bits per heavy atom. The van der Waals surface area contributed by atoms with Gasteiger partial charge in [-0.05, 0) is 38.4 Å². The summed E-state index contributed by atoms with van der Waals surface area (Å²) in [6.07, 6.45) is 2.35. The number of benzene rings is 1. The fourth-order valence-corrected chi connectivity index (χ4v) is 2.28. The molecule has 1 aliphatic heterocycles. The Morgan fingerprint density at radius 2 is 2.11 bits per heavy atom. The molecule has 1 atom stereocenters. The van der Waals surface area contributed by atoms with Crippen molar-refractivity contribution in [1.29, 1.82) is 0 Å². The first kappa shape index (κ1) is 13.4. The molecule has 0 amide bonds. The van der Waals surface area contributed by atoms with Crippen LogP contribution in [-0.4, -0.2) is 43.7 Å². The molecule has 1 aromatic rings. The van der Waals surface area contributed by atoms with Crippen molar-refractivity contribution >= 4 is 0 Å². The first-order valence-electron chi connectivity index (χ1n) is 6.98. The maximum absolute atomic E-state index is 5.71. The summed E-state index contributed by atoms with van der Waals surface area (Å²) in [5, 5.41) is 3.52. The predicted molar refractivity (Wildman–Crippen MR) is 75.1 cm³/mol. The van der Waals surface area contributed by atoms with E-state index in [1.807, 2.05) is 30.3 Å². The average molecular weight is 248 g/mol. The summed E-state index contributed by atoms with van der Waals surface area (Å²) in [5.41, 5.74) is 0. The lowest BCUT2D eigenvalue weighted by atomic mass is 10.2. The SMILES string of the molecule is CC1CCN(CCCOc2ccccc2)CCN1. The minimum absolute atomic E-state index is 0.663. The van der Waals surface area contributed by atoms with Crippen molar-refractivity contribution in [2.45, 2.75) is 25.8 Å². The predicted octanol–water partition coefficient (Wildman–Crippen LogP) is 2.14. The molecular weight excluding hydrogens is 224 g/mol. The van der Waals surface area contributed by atoms with E-state index in [0.717, 1.165) is 38.4 Å². The van der Waals surface area contributed by atoms with E-state index in [0.29, 0.717) is 6.04 Å². The van der Waals surface area contributed by atoms with Crippen LogP contribution in [0.2, 0.25) is 0 Å². The van der Waals surface area contributed by atoms with Gasteiger partial charge in [-0.1, -0.05) is 18.2 Å². The fraction of sp³-hybridized carbons (Fsp3) is 0.600. The zero-order valence-corrected chi connectivity index (χ0v) is 11.3. The van der Waals surface area contributed by atoms with E-state index in [4.69, 9.17) is 4.74 Å². The maximum Gasteiger partial charge on any atom is 0.119 e. The van der Waals surface area contributed by atoms with Crippen LogP contribution in [0, 0.1) is 0 Å². The molecule has 1 aliphatic rings. The van der Waals surface area contributed by atoms with Gasteiger partial charge in [-0.25, -0.2) is 0 Å². The van der Waals surface area contributed by atoms with E-state index < -0.39 is 0 Å². The third kappa shape index (κ3) is 4.67. The van der Waals surface area contributed by atoms with Crippen LogP contribution in [0.4, 0.5) is 0 Å². The van der Waals surface area contributed by atoms with Gasteiger partial charge in [-0.3, -0.25) is 0 Å². The molecule has 0 saturated carbocycles. The summed E-state index contributed by atoms with van der Waals surface area (Å²) < 4.78 is 5.71. The number of ether oxygens (including phenoxy) is 1. The van der Waals surface area contributed by atoms with Crippen molar-refractivity contribution in [2.24, 2.45) is 0 Å². The smallest absolute Gasteiger partial charge is 0.119 e. The van der Waals surface area contributed by atoms with E-state index >= 15 is 0 Å². The number of para-hydroxylation sites is 1. The van der Waals surface area contributed by atoms with Crippen LogP contribution < -0.4 is 10.1 Å². The van der Waals surface area contributed by atoms with E-state index in [1.165, 1.54) is 13.0 Å². The van der Waals surface area contributed by atoms with Gasteiger partial charge in [0.1, 0.15) is 5.75 Å². The Bertz CT molecular complexity index is 329. The van der Waals surface area contributed by atoms with Gasteiger partial charge < -0.3 is 15.0 Å². The second kappa shape index (κ2) is 7.39. The van der Waals surface area contributed by atoms with Crippen molar-refractivity contribution in [3.05, 3.63) is 30.3 Å². The Hall–Kier alpha value is -1.06. The molecule has 3 nitrogen and oxygen atoms in total. The normalized spacial score (nSPS) is 21.5. The number of rotatable bonds is 5. The molecule has 1 heterocycles. The van der Waals surface area contributed by atoms with Gasteiger partial charge in [-0.15, -0.1) is 0 Å². The van der Waals surface area contributed by atoms with Gasteiger partial charge in [-0.2, -0.15) is 0 Å². The Labute approximate surface area is 110 Å². The third-order valence-electron chi connectivity index (χ3n) is 3.43. The number of hydrogen-bond acceptors (Lipinski definition) is 3. The third-order valence-corrected chi connectivity index (χ3v) is 3.43. The van der Waals surface area contributed by atoms with Crippen molar-refractivity contribution < 1.29 is 4.74 Å². The maximum atomic E-state index is 5.71. The summed E-state index contributed by atoms with van der Waals surface area (Å²) in [5.74, 6) is 0.976. The van der Waals surface area contributed by atoms with Gasteiger partial charge >= 0.3 is 0 Å². The van der Waals surface area contributed by atoms with Crippen LogP contribution in [0.1, 0.15) is 19.8 Å². The Balaban J connectivity index is 1.60. The average Bonchev–Trinajstić information content (AvgIpc) is 2.61. The highest BCUT2D eigenvalue weighted by molar-refractivity contribution is 5.20. The highest BCUT2D eigenvalue weighted by Gasteiger charge is 2.12. The summed E-state index contributed by atoms with van der Waals surface area (Å²) in [4.78, 5) is 2.53. The zero-order valence-electron chi connectivity index (χ0n) is 11.3. The molecule has 1 aromatic carbocycles. The lowest BCUT2D eigenvalue weighted by Gasteiger charge is -2.19. The number of nitrogens with zero attached hydrogens (tertiary/aromatic N) is 1. The van der Waals surface area contributed by atoms with E-state index in [9.17, 15) is 0 Å². The largest absolute Gasteiger partial charge is 0.494 e. The molecule has 0 spiro atoms. The monoisotopic (exact) mass is 248 g/mol. The van der Waals surface area contributed by atoms with Crippen LogP contribution in [0.25, 0.3) is 0 Å². The first-order valence-corrected chi connectivity index (χ1v) is 6.98. The van der Waals surface area contributed by atoms with Crippen LogP contribution in [0.15, 0.2) is 30.3 Å². The lowest BCUT2D eigenvalue weighted by molar-refractivity contribution is 0.243. The lowest BCUT2D eigenvalue weighted by Crippen LogP contribution is -2.30. The molecule has 1 saturated heterocycles. The fourth-order valence-electron chi connectivity index (χ4n) is 2.28. The van der Waals surface area contributed by atoms with E-state index in [1.54, 1.807) is 0 Å². The summed E-state index contributed by atoms with van der Waals surface area (Å²) in [7, 11) is 0. The summed E-state index contributed by atoms with van der Waals surface area (Å²) in [6, 6.07) is 10.7. The Morgan fingerprint density at radius 3 is 2.94 bits per heavy atom. The van der Waals surface area contributed by atoms with Crippen LogP contribution in [0.5, 0.6) is 5.75 Å². The van der Waals surface area contributed by atoms with Crippen molar-refractivity contribution in [3.8, 4) is 5.75 Å². The molecule has 0 aromatic heterocycles. The molecule has 100 valence electrons. The highest BCUT2D eigenvalue weighted by atomic mass is 16.5. The molecule has 3 heteroatoms. The van der Waals surface area contributed by atoms with Crippen molar-refractivity contribution in [1.82, 2.24) is 10.2 Å². The second-order valence-corrected chi connectivity index (χ2v) is 5.00. The molecule has 1 N–H and O–H groups in total. The van der Waals surface area contributed by atoms with Crippen LogP contribution >= 0.6 is 0 Å². The molecule has 1 fully saturated rings. The zero-order chi connectivity index (χ0) is 12.6. The molecule has 0 bridgehead atoms. The van der Waals surface area contributed by atoms with E-state index in [2.05, 4.69) is 17.1 Å². The quantitative estimate of drug-likeness (QED) is 0.808. The molecule has 0 aliphatic carbocycles. The molecule has 2 rings (SSSR count). The molecule has 0 radical (unpaired) electrons. The van der Waals surface area contributed by atoms with Crippen LogP contribution in [-0.2, 0) is 0 Å². The Kier molecular flexibility index (Phi) is 5.49. The van der Waals surface area contributed by atoms with Gasteiger partial charge in [0.15, 0.2) is 0 Å². The molecule has 1 unspecified atom stereocenters. The number of hydrogen-bond donors (Lipinski definition) is 1. The van der Waals surface area contributed by atoms with Gasteiger partial charge in [0.2, 0.25) is 0 Å².